The van der Waals surface area contributed by atoms with Crippen molar-refractivity contribution in [1.29, 1.82) is 0 Å². The molecule has 18 heavy (non-hydrogen) atoms. The fourth-order valence-electron chi connectivity index (χ4n) is 1.58. The molecule has 2 aromatic rings. The summed E-state index contributed by atoms with van der Waals surface area (Å²) >= 11 is 3.19. The largest absolute Gasteiger partial charge is 0.315 e. The Kier molecular flexibility index (Phi) is 4.74. The second-order valence-corrected chi connectivity index (χ2v) is 6.05. The highest BCUT2D eigenvalue weighted by molar-refractivity contribution is 7.98. The summed E-state index contributed by atoms with van der Waals surface area (Å²) in [5.41, 5.74) is 1.07. The van der Waals surface area contributed by atoms with Crippen LogP contribution in [0.15, 0.2) is 29.2 Å². The molecular formula is C13H15FN2S2. The molecule has 0 aliphatic rings. The molecule has 96 valence electrons. The maximum Gasteiger partial charge on any atom is 0.136 e. The lowest BCUT2D eigenvalue weighted by Gasteiger charge is -2.00. The van der Waals surface area contributed by atoms with Crippen LogP contribution >= 0.6 is 23.1 Å². The Balaban J connectivity index is 2.02. The lowest BCUT2D eigenvalue weighted by atomic mass is 10.3. The topological polar surface area (TPSA) is 24.9 Å². The van der Waals surface area contributed by atoms with Crippen LogP contribution in [0, 0.1) is 12.7 Å². The van der Waals surface area contributed by atoms with E-state index in [-0.39, 0.29) is 5.82 Å². The molecule has 0 spiro atoms. The van der Waals surface area contributed by atoms with Crippen LogP contribution in [0.4, 0.5) is 4.39 Å². The summed E-state index contributed by atoms with van der Waals surface area (Å²) in [4.78, 5) is 6.44. The number of benzene rings is 1. The van der Waals surface area contributed by atoms with E-state index in [0.717, 1.165) is 23.0 Å². The molecule has 2 rings (SSSR count). The van der Waals surface area contributed by atoms with Crippen molar-refractivity contribution in [3.05, 3.63) is 45.7 Å². The van der Waals surface area contributed by atoms with Gasteiger partial charge in [-0.1, -0.05) is 12.1 Å². The van der Waals surface area contributed by atoms with Crippen LogP contribution in [-0.4, -0.2) is 12.0 Å². The van der Waals surface area contributed by atoms with Crippen molar-refractivity contribution >= 4 is 23.1 Å². The highest BCUT2D eigenvalue weighted by atomic mass is 32.2. The van der Waals surface area contributed by atoms with Crippen molar-refractivity contribution in [2.75, 3.05) is 7.05 Å². The molecule has 0 atom stereocenters. The average Bonchev–Trinajstić information content (AvgIpc) is 2.70. The minimum absolute atomic E-state index is 0.161. The van der Waals surface area contributed by atoms with Crippen molar-refractivity contribution in [1.82, 2.24) is 10.3 Å². The first kappa shape index (κ1) is 13.5. The van der Waals surface area contributed by atoms with Gasteiger partial charge in [0.1, 0.15) is 10.8 Å². The van der Waals surface area contributed by atoms with E-state index in [1.165, 1.54) is 22.7 Å². The predicted molar refractivity (Wildman–Crippen MR) is 75.6 cm³/mol. The van der Waals surface area contributed by atoms with Crippen LogP contribution in [0.5, 0.6) is 0 Å². The van der Waals surface area contributed by atoms with E-state index in [0.29, 0.717) is 4.90 Å². The van der Waals surface area contributed by atoms with Gasteiger partial charge in [-0.3, -0.25) is 0 Å². The van der Waals surface area contributed by atoms with Gasteiger partial charge in [0.15, 0.2) is 0 Å². The van der Waals surface area contributed by atoms with Crippen molar-refractivity contribution in [3.63, 3.8) is 0 Å². The molecule has 2 nitrogen and oxygen atoms in total. The van der Waals surface area contributed by atoms with Gasteiger partial charge in [-0.05, 0) is 26.1 Å². The van der Waals surface area contributed by atoms with E-state index in [9.17, 15) is 4.39 Å². The maximum absolute atomic E-state index is 13.4. The van der Waals surface area contributed by atoms with E-state index >= 15 is 0 Å². The number of hydrogen-bond acceptors (Lipinski definition) is 4. The van der Waals surface area contributed by atoms with E-state index < -0.39 is 0 Å². The highest BCUT2D eigenvalue weighted by Gasteiger charge is 2.08. The molecule has 1 aromatic carbocycles. The van der Waals surface area contributed by atoms with Crippen molar-refractivity contribution in [2.45, 2.75) is 24.1 Å². The number of nitrogens with one attached hydrogen (secondary N) is 1. The molecule has 5 heteroatoms. The van der Waals surface area contributed by atoms with Gasteiger partial charge in [0.25, 0.3) is 0 Å². The number of thioether (sulfide) groups is 1. The molecule has 0 unspecified atom stereocenters. The van der Waals surface area contributed by atoms with Gasteiger partial charge in [0.2, 0.25) is 0 Å². The van der Waals surface area contributed by atoms with Crippen LogP contribution in [0.3, 0.4) is 0 Å². The third-order valence-electron chi connectivity index (χ3n) is 2.46. The van der Waals surface area contributed by atoms with Gasteiger partial charge in [0, 0.05) is 16.3 Å². The number of halogens is 1. The Hall–Kier alpha value is -0.910. The molecule has 0 aliphatic heterocycles. The van der Waals surface area contributed by atoms with E-state index in [4.69, 9.17) is 0 Å². The predicted octanol–water partition coefficient (Wildman–Crippen LogP) is 3.60. The summed E-state index contributed by atoms with van der Waals surface area (Å²) in [5.74, 6) is 0.558. The Morgan fingerprint density at radius 2 is 2.17 bits per heavy atom. The Bertz CT molecular complexity index is 525. The summed E-state index contributed by atoms with van der Waals surface area (Å²) in [6.45, 7) is 2.86. The molecular weight excluding hydrogens is 267 g/mol. The Morgan fingerprint density at radius 1 is 1.39 bits per heavy atom. The summed E-state index contributed by atoms with van der Waals surface area (Å²) in [6, 6.07) is 6.85. The number of nitrogens with zero attached hydrogens (tertiary/aromatic N) is 1. The monoisotopic (exact) mass is 282 g/mol. The average molecular weight is 282 g/mol. The van der Waals surface area contributed by atoms with Crippen molar-refractivity contribution in [3.8, 4) is 0 Å². The minimum Gasteiger partial charge on any atom is -0.315 e. The second-order valence-electron chi connectivity index (χ2n) is 3.87. The van der Waals surface area contributed by atoms with Gasteiger partial charge in [-0.15, -0.1) is 23.1 Å². The van der Waals surface area contributed by atoms with Crippen LogP contribution in [0.2, 0.25) is 0 Å². The fourth-order valence-corrected chi connectivity index (χ4v) is 3.59. The molecule has 0 aliphatic carbocycles. The Labute approximate surface area is 115 Å². The van der Waals surface area contributed by atoms with Crippen LogP contribution in [-0.2, 0) is 12.3 Å². The van der Waals surface area contributed by atoms with Crippen LogP contribution in [0.1, 0.15) is 15.6 Å². The molecule has 0 bridgehead atoms. The van der Waals surface area contributed by atoms with Crippen molar-refractivity contribution < 1.29 is 4.39 Å². The lowest BCUT2D eigenvalue weighted by Crippen LogP contribution is -2.04. The smallest absolute Gasteiger partial charge is 0.136 e. The molecule has 0 radical (unpaired) electrons. The van der Waals surface area contributed by atoms with Gasteiger partial charge in [-0.25, -0.2) is 9.37 Å². The van der Waals surface area contributed by atoms with Gasteiger partial charge in [-0.2, -0.15) is 0 Å². The zero-order valence-corrected chi connectivity index (χ0v) is 12.0. The third-order valence-corrected chi connectivity index (χ3v) is 4.86. The first-order valence-electron chi connectivity index (χ1n) is 5.68. The van der Waals surface area contributed by atoms with Gasteiger partial charge < -0.3 is 5.32 Å². The highest BCUT2D eigenvalue weighted by Crippen LogP contribution is 2.28. The molecule has 1 heterocycles. The molecule has 0 saturated carbocycles. The maximum atomic E-state index is 13.4. The molecule has 1 aromatic heterocycles. The second kappa shape index (κ2) is 6.31. The van der Waals surface area contributed by atoms with Gasteiger partial charge in [0.05, 0.1) is 11.4 Å². The zero-order chi connectivity index (χ0) is 13.0. The van der Waals surface area contributed by atoms with E-state index in [2.05, 4.69) is 10.3 Å². The molecule has 1 N–H and O–H groups in total. The SMILES string of the molecule is CNCc1sc(CSc2ccccc2F)nc1C. The summed E-state index contributed by atoms with van der Waals surface area (Å²) in [5, 5.41) is 4.17. The van der Waals surface area contributed by atoms with E-state index in [1.54, 1.807) is 23.5 Å². The molecule has 0 fully saturated rings. The summed E-state index contributed by atoms with van der Waals surface area (Å²) in [6.07, 6.45) is 0. The van der Waals surface area contributed by atoms with Crippen LogP contribution < -0.4 is 5.32 Å². The van der Waals surface area contributed by atoms with Crippen molar-refractivity contribution in [2.24, 2.45) is 0 Å². The standard InChI is InChI=1S/C13H15FN2S2/c1-9-12(7-15-2)18-13(16-9)8-17-11-6-4-3-5-10(11)14/h3-6,15H,7-8H2,1-2H3. The number of rotatable bonds is 5. The third kappa shape index (κ3) is 3.31. The first-order valence-corrected chi connectivity index (χ1v) is 7.48. The molecule has 0 saturated heterocycles. The first-order chi connectivity index (χ1) is 8.70. The fraction of sp³-hybridized carbons (Fsp3) is 0.308. The summed E-state index contributed by atoms with van der Waals surface area (Å²) < 4.78 is 13.4. The quantitative estimate of drug-likeness (QED) is 0.848. The molecule has 0 amide bonds. The lowest BCUT2D eigenvalue weighted by molar-refractivity contribution is 0.602. The number of aryl methyl sites for hydroxylation is 1. The van der Waals surface area contributed by atoms with Gasteiger partial charge >= 0.3 is 0 Å². The summed E-state index contributed by atoms with van der Waals surface area (Å²) in [7, 11) is 1.92. The normalized spacial score (nSPS) is 10.8. The Morgan fingerprint density at radius 3 is 2.89 bits per heavy atom. The number of aromatic nitrogens is 1. The van der Waals surface area contributed by atoms with Crippen LogP contribution in [0.25, 0.3) is 0 Å². The minimum atomic E-state index is -0.161. The number of thiazole rings is 1. The number of hydrogen-bond donors (Lipinski definition) is 1. The van der Waals surface area contributed by atoms with E-state index in [1.807, 2.05) is 20.0 Å². The zero-order valence-electron chi connectivity index (χ0n) is 10.4.